The second-order valence-electron chi connectivity index (χ2n) is 3.50. The van der Waals surface area contributed by atoms with Gasteiger partial charge in [-0.15, -0.1) is 0 Å². The Hall–Kier alpha value is -1.29. The number of nitrogens with zero attached hydrogens (tertiary/aromatic N) is 2. The molecule has 1 aliphatic rings. The van der Waals surface area contributed by atoms with Gasteiger partial charge >= 0.3 is 0 Å². The quantitative estimate of drug-likeness (QED) is 0.744. The molecular weight excluding hydrogens is 200 g/mol. The number of rotatable bonds is 2. The third-order valence-corrected chi connectivity index (χ3v) is 2.48. The van der Waals surface area contributed by atoms with Crippen LogP contribution < -0.4 is 5.32 Å². The van der Waals surface area contributed by atoms with Crippen LogP contribution >= 0.6 is 11.6 Å². The zero-order valence-corrected chi connectivity index (χ0v) is 8.17. The topological polar surface area (TPSA) is 53.6 Å². The summed E-state index contributed by atoms with van der Waals surface area (Å²) in [5.74, 6) is 0.837. The lowest BCUT2D eigenvalue weighted by Crippen LogP contribution is -2.04. The third kappa shape index (κ3) is 1.32. The standard InChI is InChI=1S/C9H9ClN4/c10-9-13-7-6(3-4-11-7)8(14-9)12-5-1-2-5/h3-5H,1-2H2,(H2,11,12,13,14). The van der Waals surface area contributed by atoms with Gasteiger partial charge in [0, 0.05) is 12.2 Å². The molecule has 0 atom stereocenters. The highest BCUT2D eigenvalue weighted by molar-refractivity contribution is 6.28. The van der Waals surface area contributed by atoms with Gasteiger partial charge in [-0.3, -0.25) is 0 Å². The summed E-state index contributed by atoms with van der Waals surface area (Å²) in [4.78, 5) is 11.3. The first-order chi connectivity index (χ1) is 6.83. The minimum absolute atomic E-state index is 0.281. The molecule has 1 saturated carbocycles. The number of hydrogen-bond donors (Lipinski definition) is 2. The summed E-state index contributed by atoms with van der Waals surface area (Å²) in [5.41, 5.74) is 0.785. The van der Waals surface area contributed by atoms with Crippen LogP contribution in [0.15, 0.2) is 12.3 Å². The van der Waals surface area contributed by atoms with E-state index in [-0.39, 0.29) is 5.28 Å². The molecule has 72 valence electrons. The highest BCUT2D eigenvalue weighted by atomic mass is 35.5. The molecule has 4 nitrogen and oxygen atoms in total. The van der Waals surface area contributed by atoms with Crippen molar-refractivity contribution in [3.63, 3.8) is 0 Å². The van der Waals surface area contributed by atoms with Crippen LogP contribution in [0.3, 0.4) is 0 Å². The highest BCUT2D eigenvalue weighted by Crippen LogP contribution is 2.28. The molecule has 2 aromatic rings. The van der Waals surface area contributed by atoms with Crippen molar-refractivity contribution in [2.75, 3.05) is 5.32 Å². The Morgan fingerprint density at radius 3 is 3.07 bits per heavy atom. The number of fused-ring (bicyclic) bond motifs is 1. The Morgan fingerprint density at radius 1 is 1.43 bits per heavy atom. The number of nitrogens with one attached hydrogen (secondary N) is 2. The maximum Gasteiger partial charge on any atom is 0.226 e. The van der Waals surface area contributed by atoms with Gasteiger partial charge in [0.15, 0.2) is 0 Å². The van der Waals surface area contributed by atoms with Crippen molar-refractivity contribution in [3.8, 4) is 0 Å². The van der Waals surface area contributed by atoms with Crippen molar-refractivity contribution >= 4 is 28.5 Å². The normalized spacial score (nSPS) is 16.1. The van der Waals surface area contributed by atoms with E-state index in [2.05, 4.69) is 20.3 Å². The molecule has 0 saturated heterocycles. The summed E-state index contributed by atoms with van der Waals surface area (Å²) < 4.78 is 0. The average Bonchev–Trinajstić information content (AvgIpc) is 2.81. The van der Waals surface area contributed by atoms with Crippen LogP contribution in [0.4, 0.5) is 5.82 Å². The average molecular weight is 209 g/mol. The van der Waals surface area contributed by atoms with Crippen molar-refractivity contribution in [2.24, 2.45) is 0 Å². The van der Waals surface area contributed by atoms with Crippen LogP contribution in [0, 0.1) is 0 Å². The molecule has 0 spiro atoms. The van der Waals surface area contributed by atoms with E-state index in [0.29, 0.717) is 6.04 Å². The summed E-state index contributed by atoms with van der Waals surface area (Å²) in [6.45, 7) is 0. The van der Waals surface area contributed by atoms with Gasteiger partial charge in [-0.05, 0) is 30.5 Å². The Morgan fingerprint density at radius 2 is 2.29 bits per heavy atom. The number of halogens is 1. The van der Waals surface area contributed by atoms with E-state index in [1.165, 1.54) is 12.8 Å². The smallest absolute Gasteiger partial charge is 0.226 e. The molecule has 2 heterocycles. The van der Waals surface area contributed by atoms with Crippen molar-refractivity contribution < 1.29 is 0 Å². The number of H-pyrrole nitrogens is 1. The second-order valence-corrected chi connectivity index (χ2v) is 3.84. The molecule has 0 amide bonds. The van der Waals surface area contributed by atoms with Crippen LogP contribution in [0.2, 0.25) is 5.28 Å². The first-order valence-electron chi connectivity index (χ1n) is 4.60. The van der Waals surface area contributed by atoms with Crippen molar-refractivity contribution in [1.29, 1.82) is 0 Å². The molecule has 0 aliphatic heterocycles. The molecule has 1 aliphatic carbocycles. The second kappa shape index (κ2) is 2.85. The number of aromatic nitrogens is 3. The minimum Gasteiger partial charge on any atom is -0.367 e. The largest absolute Gasteiger partial charge is 0.367 e. The molecule has 3 rings (SSSR count). The molecule has 14 heavy (non-hydrogen) atoms. The first kappa shape index (κ1) is 8.05. The van der Waals surface area contributed by atoms with Crippen molar-refractivity contribution in [2.45, 2.75) is 18.9 Å². The zero-order valence-electron chi connectivity index (χ0n) is 7.42. The van der Waals surface area contributed by atoms with Gasteiger partial charge in [-0.25, -0.2) is 4.98 Å². The van der Waals surface area contributed by atoms with Crippen LogP contribution in [-0.4, -0.2) is 21.0 Å². The first-order valence-corrected chi connectivity index (χ1v) is 4.98. The van der Waals surface area contributed by atoms with Crippen LogP contribution in [0.25, 0.3) is 11.0 Å². The predicted octanol–water partition coefficient (Wildman–Crippen LogP) is 2.19. The fourth-order valence-corrected chi connectivity index (χ4v) is 1.61. The fourth-order valence-electron chi connectivity index (χ4n) is 1.44. The predicted molar refractivity (Wildman–Crippen MR) is 55.5 cm³/mol. The lowest BCUT2D eigenvalue weighted by Gasteiger charge is -2.04. The molecule has 1 fully saturated rings. The zero-order chi connectivity index (χ0) is 9.54. The van der Waals surface area contributed by atoms with E-state index >= 15 is 0 Å². The number of hydrogen-bond acceptors (Lipinski definition) is 3. The molecule has 2 N–H and O–H groups in total. The van der Waals surface area contributed by atoms with E-state index in [4.69, 9.17) is 11.6 Å². The Kier molecular flexibility index (Phi) is 1.64. The van der Waals surface area contributed by atoms with Gasteiger partial charge in [0.05, 0.1) is 5.39 Å². The summed E-state index contributed by atoms with van der Waals surface area (Å²) in [6, 6.07) is 2.52. The molecule has 0 unspecified atom stereocenters. The van der Waals surface area contributed by atoms with E-state index < -0.39 is 0 Å². The maximum atomic E-state index is 5.80. The van der Waals surface area contributed by atoms with E-state index in [9.17, 15) is 0 Å². The maximum absolute atomic E-state index is 5.80. The third-order valence-electron chi connectivity index (χ3n) is 2.31. The number of aromatic amines is 1. The summed E-state index contributed by atoms with van der Waals surface area (Å²) in [6.07, 6.45) is 4.27. The van der Waals surface area contributed by atoms with E-state index in [1.807, 2.05) is 12.3 Å². The Balaban J connectivity index is 2.13. The van der Waals surface area contributed by atoms with Crippen LogP contribution in [0.1, 0.15) is 12.8 Å². The van der Waals surface area contributed by atoms with Gasteiger partial charge < -0.3 is 10.3 Å². The lowest BCUT2D eigenvalue weighted by atomic mass is 10.4. The van der Waals surface area contributed by atoms with Crippen LogP contribution in [-0.2, 0) is 0 Å². The molecule has 0 bridgehead atoms. The molecular formula is C9H9ClN4. The number of anilines is 1. The van der Waals surface area contributed by atoms with Gasteiger partial charge in [-0.2, -0.15) is 4.98 Å². The van der Waals surface area contributed by atoms with Crippen LogP contribution in [0.5, 0.6) is 0 Å². The van der Waals surface area contributed by atoms with Crippen molar-refractivity contribution in [1.82, 2.24) is 15.0 Å². The summed E-state index contributed by atoms with van der Waals surface area (Å²) in [5, 5.41) is 4.61. The minimum atomic E-state index is 0.281. The molecule has 2 aromatic heterocycles. The fraction of sp³-hybridized carbons (Fsp3) is 0.333. The highest BCUT2D eigenvalue weighted by Gasteiger charge is 2.22. The van der Waals surface area contributed by atoms with Gasteiger partial charge in [-0.1, -0.05) is 0 Å². The summed E-state index contributed by atoms with van der Waals surface area (Å²) in [7, 11) is 0. The summed E-state index contributed by atoms with van der Waals surface area (Å²) >= 11 is 5.80. The molecule has 5 heteroatoms. The SMILES string of the molecule is Clc1nc(NC2CC2)c2cc[nH]c2n1. The Bertz CT molecular complexity index is 475. The molecule has 0 radical (unpaired) electrons. The van der Waals surface area contributed by atoms with Gasteiger partial charge in [0.25, 0.3) is 0 Å². The van der Waals surface area contributed by atoms with E-state index in [0.717, 1.165) is 16.9 Å². The van der Waals surface area contributed by atoms with Gasteiger partial charge in [0.1, 0.15) is 11.5 Å². The molecule has 0 aromatic carbocycles. The van der Waals surface area contributed by atoms with Crippen molar-refractivity contribution in [3.05, 3.63) is 17.5 Å². The lowest BCUT2D eigenvalue weighted by molar-refractivity contribution is 1.10. The Labute approximate surface area is 85.7 Å². The monoisotopic (exact) mass is 208 g/mol. The van der Waals surface area contributed by atoms with Gasteiger partial charge in [0.2, 0.25) is 5.28 Å². The van der Waals surface area contributed by atoms with E-state index in [1.54, 1.807) is 0 Å².